The summed E-state index contributed by atoms with van der Waals surface area (Å²) in [6.45, 7) is 2.23. The van der Waals surface area contributed by atoms with Crippen LogP contribution in [0.1, 0.15) is 62.0 Å². The number of aromatic carboxylic acids is 1. The maximum Gasteiger partial charge on any atom is 0.352 e. The van der Waals surface area contributed by atoms with Gasteiger partial charge in [0.2, 0.25) is 0 Å². The lowest BCUT2D eigenvalue weighted by Gasteiger charge is -2.30. The first-order chi connectivity index (χ1) is 8.61. The van der Waals surface area contributed by atoms with Crippen LogP contribution < -0.4 is 0 Å². The van der Waals surface area contributed by atoms with E-state index in [1.807, 2.05) is 10.8 Å². The highest BCUT2D eigenvalue weighted by atomic mass is 79.9. The Kier molecular flexibility index (Phi) is 4.49. The van der Waals surface area contributed by atoms with E-state index in [-0.39, 0.29) is 0 Å². The molecule has 1 aliphatic carbocycles. The van der Waals surface area contributed by atoms with Crippen LogP contribution in [-0.2, 0) is 0 Å². The molecule has 0 aliphatic heterocycles. The molecule has 0 amide bonds. The van der Waals surface area contributed by atoms with E-state index in [1.165, 1.54) is 25.7 Å². The van der Waals surface area contributed by atoms with E-state index in [9.17, 15) is 9.90 Å². The highest BCUT2D eigenvalue weighted by Crippen LogP contribution is 2.36. The zero-order chi connectivity index (χ0) is 13.1. The van der Waals surface area contributed by atoms with E-state index < -0.39 is 5.97 Å². The smallest absolute Gasteiger partial charge is 0.352 e. The fourth-order valence-electron chi connectivity index (χ4n) is 3.04. The highest BCUT2D eigenvalue weighted by molar-refractivity contribution is 9.10. The molecule has 0 spiro atoms. The van der Waals surface area contributed by atoms with E-state index in [4.69, 9.17) is 0 Å². The second-order valence-electron chi connectivity index (χ2n) is 5.22. The predicted molar refractivity (Wildman–Crippen MR) is 75.0 cm³/mol. The zero-order valence-electron chi connectivity index (χ0n) is 10.7. The fourth-order valence-corrected chi connectivity index (χ4v) is 3.48. The van der Waals surface area contributed by atoms with Gasteiger partial charge in [-0.2, -0.15) is 0 Å². The molecule has 1 fully saturated rings. The van der Waals surface area contributed by atoms with Gasteiger partial charge < -0.3 is 9.67 Å². The van der Waals surface area contributed by atoms with E-state index >= 15 is 0 Å². The summed E-state index contributed by atoms with van der Waals surface area (Å²) in [5.41, 5.74) is 0.404. The molecule has 1 aromatic rings. The Balaban J connectivity index is 2.07. The molecule has 2 rings (SSSR count). The monoisotopic (exact) mass is 313 g/mol. The fraction of sp³-hybridized carbons (Fsp3) is 0.643. The summed E-state index contributed by atoms with van der Waals surface area (Å²) in [6, 6.07) is 2.05. The van der Waals surface area contributed by atoms with Crippen molar-refractivity contribution < 1.29 is 9.90 Å². The van der Waals surface area contributed by atoms with Gasteiger partial charge in [0.15, 0.2) is 0 Å². The molecule has 4 heteroatoms. The van der Waals surface area contributed by atoms with Gasteiger partial charge in [-0.25, -0.2) is 4.79 Å². The Morgan fingerprint density at radius 2 is 2.11 bits per heavy atom. The van der Waals surface area contributed by atoms with E-state index in [0.717, 1.165) is 23.2 Å². The molecule has 1 aliphatic rings. The van der Waals surface area contributed by atoms with Crippen molar-refractivity contribution in [2.45, 2.75) is 51.5 Å². The van der Waals surface area contributed by atoms with Gasteiger partial charge in [0.25, 0.3) is 0 Å². The maximum absolute atomic E-state index is 11.2. The Bertz CT molecular complexity index is 419. The second-order valence-corrected chi connectivity index (χ2v) is 6.13. The first-order valence-electron chi connectivity index (χ1n) is 6.72. The lowest BCUT2D eigenvalue weighted by atomic mass is 9.83. The molecule has 1 N–H and O–H groups in total. The van der Waals surface area contributed by atoms with E-state index in [0.29, 0.717) is 11.7 Å². The summed E-state index contributed by atoms with van der Waals surface area (Å²) in [5, 5.41) is 9.20. The normalized spacial score (nSPS) is 24.1. The van der Waals surface area contributed by atoms with Crippen molar-refractivity contribution in [1.29, 1.82) is 0 Å². The minimum Gasteiger partial charge on any atom is -0.477 e. The van der Waals surface area contributed by atoms with Crippen LogP contribution in [0.25, 0.3) is 0 Å². The molecule has 0 aromatic carbocycles. The van der Waals surface area contributed by atoms with Crippen LogP contribution in [0.15, 0.2) is 16.7 Å². The lowest BCUT2D eigenvalue weighted by Crippen LogP contribution is -2.20. The number of aromatic nitrogens is 1. The van der Waals surface area contributed by atoms with Gasteiger partial charge in [0.05, 0.1) is 0 Å². The van der Waals surface area contributed by atoms with Crippen LogP contribution in [0.5, 0.6) is 0 Å². The van der Waals surface area contributed by atoms with Crippen LogP contribution in [0.2, 0.25) is 0 Å². The first kappa shape index (κ1) is 13.7. The summed E-state index contributed by atoms with van der Waals surface area (Å²) < 4.78 is 2.80. The predicted octanol–water partition coefficient (Wildman–Crippen LogP) is 4.48. The van der Waals surface area contributed by atoms with Gasteiger partial charge >= 0.3 is 5.97 Å². The Morgan fingerprint density at radius 3 is 2.67 bits per heavy atom. The number of carboxylic acid groups (broad SMARTS) is 1. The summed E-state index contributed by atoms with van der Waals surface area (Å²) in [7, 11) is 0. The van der Waals surface area contributed by atoms with E-state index in [1.54, 1.807) is 6.07 Å². The van der Waals surface area contributed by atoms with Crippen LogP contribution in [-0.4, -0.2) is 15.6 Å². The third-order valence-electron chi connectivity index (χ3n) is 3.94. The Labute approximate surface area is 116 Å². The molecule has 1 heterocycles. The third-order valence-corrected chi connectivity index (χ3v) is 4.37. The Hall–Kier alpha value is -0.770. The minimum atomic E-state index is -0.837. The summed E-state index contributed by atoms with van der Waals surface area (Å²) in [5.74, 6) is 0.00918. The SMILES string of the molecule is CCCC1CCC(n2cc(Br)cc2C(=O)O)CC1. The molecule has 1 aromatic heterocycles. The largest absolute Gasteiger partial charge is 0.477 e. The van der Waals surface area contributed by atoms with Crippen molar-refractivity contribution in [2.24, 2.45) is 5.92 Å². The molecule has 100 valence electrons. The van der Waals surface area contributed by atoms with Crippen molar-refractivity contribution in [3.8, 4) is 0 Å². The summed E-state index contributed by atoms with van der Waals surface area (Å²) >= 11 is 3.37. The van der Waals surface area contributed by atoms with Gasteiger partial charge in [-0.05, 0) is 53.6 Å². The van der Waals surface area contributed by atoms with Crippen molar-refractivity contribution in [1.82, 2.24) is 4.57 Å². The maximum atomic E-state index is 11.2. The molecule has 0 unspecified atom stereocenters. The quantitative estimate of drug-likeness (QED) is 0.890. The van der Waals surface area contributed by atoms with Crippen molar-refractivity contribution >= 4 is 21.9 Å². The van der Waals surface area contributed by atoms with Gasteiger partial charge in [-0.15, -0.1) is 0 Å². The average molecular weight is 314 g/mol. The summed E-state index contributed by atoms with van der Waals surface area (Å²) in [6.07, 6.45) is 9.14. The van der Waals surface area contributed by atoms with Gasteiger partial charge in [-0.3, -0.25) is 0 Å². The molecule has 18 heavy (non-hydrogen) atoms. The number of hydrogen-bond acceptors (Lipinski definition) is 1. The second kappa shape index (κ2) is 5.91. The highest BCUT2D eigenvalue weighted by Gasteiger charge is 2.24. The summed E-state index contributed by atoms with van der Waals surface area (Å²) in [4.78, 5) is 11.2. The van der Waals surface area contributed by atoms with Crippen LogP contribution in [0.4, 0.5) is 0 Å². The van der Waals surface area contributed by atoms with Gasteiger partial charge in [0.1, 0.15) is 5.69 Å². The molecule has 0 atom stereocenters. The Morgan fingerprint density at radius 1 is 1.44 bits per heavy atom. The number of nitrogens with zero attached hydrogens (tertiary/aromatic N) is 1. The van der Waals surface area contributed by atoms with Gasteiger partial charge in [-0.1, -0.05) is 19.8 Å². The molecule has 0 radical (unpaired) electrons. The lowest BCUT2D eigenvalue weighted by molar-refractivity contribution is 0.0680. The number of carbonyl (C=O) groups is 1. The number of rotatable bonds is 4. The molecular weight excluding hydrogens is 294 g/mol. The van der Waals surface area contributed by atoms with Crippen molar-refractivity contribution in [3.63, 3.8) is 0 Å². The molecular formula is C14H20BrNO2. The number of halogens is 1. The van der Waals surface area contributed by atoms with Crippen molar-refractivity contribution in [2.75, 3.05) is 0 Å². The molecule has 1 saturated carbocycles. The standard InChI is InChI=1S/C14H20BrNO2/c1-2-3-10-4-6-12(7-5-10)16-9-11(15)8-13(16)14(17)18/h8-10,12H,2-7H2,1H3,(H,17,18). The van der Waals surface area contributed by atoms with Crippen LogP contribution in [0.3, 0.4) is 0 Å². The van der Waals surface area contributed by atoms with Crippen LogP contribution >= 0.6 is 15.9 Å². The topological polar surface area (TPSA) is 42.2 Å². The average Bonchev–Trinajstić information content (AvgIpc) is 2.73. The molecule has 0 saturated heterocycles. The molecule has 0 bridgehead atoms. The van der Waals surface area contributed by atoms with Crippen molar-refractivity contribution in [3.05, 3.63) is 22.4 Å². The van der Waals surface area contributed by atoms with Crippen LogP contribution in [0, 0.1) is 5.92 Å². The van der Waals surface area contributed by atoms with E-state index in [2.05, 4.69) is 22.9 Å². The zero-order valence-corrected chi connectivity index (χ0v) is 12.3. The third kappa shape index (κ3) is 2.97. The number of hydrogen-bond donors (Lipinski definition) is 1. The molecule has 3 nitrogen and oxygen atoms in total. The first-order valence-corrected chi connectivity index (χ1v) is 7.51. The number of carboxylic acids is 1. The van der Waals surface area contributed by atoms with Gasteiger partial charge in [0, 0.05) is 16.7 Å². The minimum absolute atomic E-state index is 0.357.